The molecule has 1 atom stereocenters. The molecule has 1 aliphatic heterocycles. The molecule has 1 fully saturated rings. The molecule has 0 radical (unpaired) electrons. The lowest BCUT2D eigenvalue weighted by Gasteiger charge is -2.26. The van der Waals surface area contributed by atoms with Gasteiger partial charge < -0.3 is 24.1 Å². The number of quaternary nitrogens is 1. The highest BCUT2D eigenvalue weighted by molar-refractivity contribution is 7.89. The minimum Gasteiger partial charge on any atom is -0.495 e. The molecule has 9 nitrogen and oxygen atoms in total. The van der Waals surface area contributed by atoms with Crippen molar-refractivity contribution < 1.29 is 32.0 Å². The van der Waals surface area contributed by atoms with Crippen molar-refractivity contribution in [1.82, 2.24) is 4.31 Å². The van der Waals surface area contributed by atoms with E-state index < -0.39 is 10.0 Å². The van der Waals surface area contributed by atoms with Crippen LogP contribution in [0.25, 0.3) is 0 Å². The van der Waals surface area contributed by atoms with Crippen LogP contribution in [0.3, 0.4) is 0 Å². The molecule has 0 bridgehead atoms. The molecule has 158 valence electrons. The van der Waals surface area contributed by atoms with E-state index in [1.807, 2.05) is 13.1 Å². The van der Waals surface area contributed by atoms with E-state index in [1.54, 1.807) is 24.5 Å². The van der Waals surface area contributed by atoms with Crippen molar-refractivity contribution in [3.05, 3.63) is 42.4 Å². The van der Waals surface area contributed by atoms with E-state index in [2.05, 4.69) is 5.32 Å². The molecule has 2 aromatic rings. The van der Waals surface area contributed by atoms with Crippen LogP contribution in [0.2, 0.25) is 0 Å². The van der Waals surface area contributed by atoms with Gasteiger partial charge in [0.25, 0.3) is 5.91 Å². The molecular weight excluding hydrogens is 398 g/mol. The van der Waals surface area contributed by atoms with Gasteiger partial charge in [0.2, 0.25) is 10.0 Å². The minimum atomic E-state index is -3.76. The summed E-state index contributed by atoms with van der Waals surface area (Å²) in [5.74, 6) is 0.794. The number of amides is 1. The van der Waals surface area contributed by atoms with Gasteiger partial charge in [0, 0.05) is 18.8 Å². The van der Waals surface area contributed by atoms with E-state index in [-0.39, 0.29) is 36.2 Å². The Labute approximate surface area is 170 Å². The number of nitrogens with zero attached hydrogens (tertiary/aromatic N) is 1. The fourth-order valence-corrected chi connectivity index (χ4v) is 4.72. The maximum Gasteiger partial charge on any atom is 0.279 e. The van der Waals surface area contributed by atoms with Gasteiger partial charge in [0.15, 0.2) is 12.3 Å². The lowest BCUT2D eigenvalue weighted by Crippen LogP contribution is -3.08. The fraction of sp³-hybridized carbons (Fsp3) is 0.421. The molecule has 2 N–H and O–H groups in total. The van der Waals surface area contributed by atoms with Crippen LogP contribution in [-0.2, 0) is 26.1 Å². The summed E-state index contributed by atoms with van der Waals surface area (Å²) in [6.07, 6.45) is 1.59. The van der Waals surface area contributed by atoms with Crippen LogP contribution in [0.1, 0.15) is 5.76 Å². The van der Waals surface area contributed by atoms with E-state index in [1.165, 1.54) is 17.5 Å². The number of hydrogen-bond donors (Lipinski definition) is 2. The zero-order valence-corrected chi connectivity index (χ0v) is 17.3. The van der Waals surface area contributed by atoms with Crippen LogP contribution < -0.4 is 15.0 Å². The highest BCUT2D eigenvalue weighted by Crippen LogP contribution is 2.30. The maximum atomic E-state index is 13.0. The van der Waals surface area contributed by atoms with Crippen LogP contribution in [0.4, 0.5) is 5.69 Å². The number of hydrogen-bond acceptors (Lipinski definition) is 6. The van der Waals surface area contributed by atoms with E-state index in [0.29, 0.717) is 25.4 Å². The predicted molar refractivity (Wildman–Crippen MR) is 105 cm³/mol. The number of rotatable bonds is 8. The molecule has 1 saturated heterocycles. The molecule has 1 aromatic heterocycles. The number of morpholine rings is 1. The van der Waals surface area contributed by atoms with Crippen LogP contribution in [0.5, 0.6) is 5.75 Å². The highest BCUT2D eigenvalue weighted by Gasteiger charge is 2.29. The van der Waals surface area contributed by atoms with Crippen molar-refractivity contribution >= 4 is 21.6 Å². The Morgan fingerprint density at radius 2 is 2.03 bits per heavy atom. The zero-order valence-electron chi connectivity index (χ0n) is 16.5. The first kappa shape index (κ1) is 21.3. The van der Waals surface area contributed by atoms with Gasteiger partial charge in [0.05, 0.1) is 33.6 Å². The Morgan fingerprint density at radius 1 is 1.28 bits per heavy atom. The molecule has 3 rings (SSSR count). The number of nitrogens with one attached hydrogen (secondary N) is 2. The number of carbonyl (C=O) groups is 1. The molecule has 0 spiro atoms. The smallest absolute Gasteiger partial charge is 0.279 e. The summed E-state index contributed by atoms with van der Waals surface area (Å²) in [5.41, 5.74) is 0.397. The summed E-state index contributed by atoms with van der Waals surface area (Å²) < 4.78 is 43.2. The van der Waals surface area contributed by atoms with Gasteiger partial charge in [-0.25, -0.2) is 8.42 Å². The number of furan rings is 1. The maximum absolute atomic E-state index is 13.0. The van der Waals surface area contributed by atoms with Crippen molar-refractivity contribution in [2.24, 2.45) is 0 Å². The largest absolute Gasteiger partial charge is 0.495 e. The number of methoxy groups -OCH3 is 1. The van der Waals surface area contributed by atoms with E-state index in [4.69, 9.17) is 13.9 Å². The van der Waals surface area contributed by atoms with Crippen molar-refractivity contribution in [3.8, 4) is 5.75 Å². The first-order valence-electron chi connectivity index (χ1n) is 9.29. The normalized spacial score (nSPS) is 16.3. The Morgan fingerprint density at radius 3 is 2.69 bits per heavy atom. The molecule has 2 heterocycles. The number of benzene rings is 1. The molecule has 1 amide bonds. The molecule has 0 saturated carbocycles. The number of anilines is 1. The van der Waals surface area contributed by atoms with Crippen molar-refractivity contribution in [2.45, 2.75) is 11.4 Å². The van der Waals surface area contributed by atoms with Gasteiger partial charge in [-0.05, 0) is 30.3 Å². The SMILES string of the molecule is COc1ccc(NC(=O)C[NH+](C)Cc2ccco2)cc1S(=O)(=O)N1CCOCC1. The van der Waals surface area contributed by atoms with Gasteiger partial charge in [0.1, 0.15) is 17.2 Å². The van der Waals surface area contributed by atoms with Crippen molar-refractivity contribution in [1.29, 1.82) is 0 Å². The Kier molecular flexibility index (Phi) is 6.91. The molecule has 29 heavy (non-hydrogen) atoms. The van der Waals surface area contributed by atoms with Gasteiger partial charge in [-0.1, -0.05) is 0 Å². The van der Waals surface area contributed by atoms with Crippen LogP contribution in [-0.4, -0.2) is 65.6 Å². The molecule has 1 aromatic carbocycles. The third kappa shape index (κ3) is 5.36. The summed E-state index contributed by atoms with van der Waals surface area (Å²) in [6.45, 7) is 2.04. The first-order chi connectivity index (χ1) is 13.9. The second-order valence-electron chi connectivity index (χ2n) is 6.82. The summed E-state index contributed by atoms with van der Waals surface area (Å²) in [4.78, 5) is 13.4. The predicted octanol–water partition coefficient (Wildman–Crippen LogP) is -0.0375. The van der Waals surface area contributed by atoms with Crippen LogP contribution in [0.15, 0.2) is 45.9 Å². The quantitative estimate of drug-likeness (QED) is 0.617. The van der Waals surface area contributed by atoms with Crippen LogP contribution >= 0.6 is 0 Å². The van der Waals surface area contributed by atoms with E-state index in [9.17, 15) is 13.2 Å². The van der Waals surface area contributed by atoms with Crippen molar-refractivity contribution in [2.75, 3.05) is 52.3 Å². The Bertz CT molecular complexity index is 923. The fourth-order valence-electron chi connectivity index (χ4n) is 3.13. The molecule has 0 aliphatic carbocycles. The standard InChI is InChI=1S/C19H25N3O6S/c1-21(13-16-4-3-9-28-16)14-19(23)20-15-5-6-17(26-2)18(12-15)29(24,25)22-7-10-27-11-8-22/h3-6,9,12H,7-8,10-11,13-14H2,1-2H3,(H,20,23)/p+1. The third-order valence-corrected chi connectivity index (χ3v) is 6.47. The topological polar surface area (TPSA) is 103 Å². The lowest BCUT2D eigenvalue weighted by molar-refractivity contribution is -0.886. The van der Waals surface area contributed by atoms with Gasteiger partial charge >= 0.3 is 0 Å². The molecule has 1 aliphatic rings. The van der Waals surface area contributed by atoms with Crippen LogP contribution in [0, 0.1) is 0 Å². The summed E-state index contributed by atoms with van der Waals surface area (Å²) in [6, 6.07) is 8.26. The van der Waals surface area contributed by atoms with E-state index >= 15 is 0 Å². The summed E-state index contributed by atoms with van der Waals surface area (Å²) in [5, 5.41) is 2.77. The average molecular weight is 424 g/mol. The lowest BCUT2D eigenvalue weighted by atomic mass is 10.3. The average Bonchev–Trinajstić information content (AvgIpc) is 3.21. The monoisotopic (exact) mass is 424 g/mol. The summed E-state index contributed by atoms with van der Waals surface area (Å²) >= 11 is 0. The van der Waals surface area contributed by atoms with E-state index in [0.717, 1.165) is 10.7 Å². The Hall–Kier alpha value is -2.40. The Balaban J connectivity index is 1.71. The number of sulfonamides is 1. The first-order valence-corrected chi connectivity index (χ1v) is 10.7. The van der Waals surface area contributed by atoms with Gasteiger partial charge in [-0.15, -0.1) is 0 Å². The second kappa shape index (κ2) is 9.40. The highest BCUT2D eigenvalue weighted by atomic mass is 32.2. The van der Waals surface area contributed by atoms with Gasteiger partial charge in [-0.3, -0.25) is 4.79 Å². The van der Waals surface area contributed by atoms with Crippen molar-refractivity contribution in [3.63, 3.8) is 0 Å². The zero-order chi connectivity index (χ0) is 20.9. The molecule has 10 heteroatoms. The number of likely N-dealkylation sites (N-methyl/N-ethyl adjacent to an activating group) is 1. The minimum absolute atomic E-state index is 0.0241. The number of ether oxygens (including phenoxy) is 2. The second-order valence-corrected chi connectivity index (χ2v) is 8.73. The van der Waals surface area contributed by atoms with Gasteiger partial charge in [-0.2, -0.15) is 4.31 Å². The molecular formula is C19H26N3O6S+. The summed E-state index contributed by atoms with van der Waals surface area (Å²) in [7, 11) is -0.466. The molecule has 1 unspecified atom stereocenters. The third-order valence-electron chi connectivity index (χ3n) is 4.55. The number of carbonyl (C=O) groups excluding carboxylic acids is 1.